The lowest BCUT2D eigenvalue weighted by molar-refractivity contribution is -0.161. The summed E-state index contributed by atoms with van der Waals surface area (Å²) in [4.78, 5) is 34.9. The van der Waals surface area contributed by atoms with Crippen LogP contribution in [0, 0.1) is 0 Å². The van der Waals surface area contributed by atoms with E-state index in [0.717, 1.165) is 38.5 Å². The van der Waals surface area contributed by atoms with Gasteiger partial charge in [0.05, 0.1) is 19.3 Å². The van der Waals surface area contributed by atoms with E-state index in [-0.39, 0.29) is 26.0 Å². The Morgan fingerprint density at radius 2 is 0.898 bits per heavy atom. The van der Waals surface area contributed by atoms with Crippen LogP contribution in [-0.4, -0.2) is 60.5 Å². The monoisotopic (exact) mass is 722 g/mol. The molecule has 0 rings (SSSR count). The first-order valence-electron chi connectivity index (χ1n) is 20.1. The standard InChI is InChI=1S/C38H76NO9P/c1-3-5-7-9-11-13-15-17-19-21-23-25-27-29-37(41)45-33-36(34-47-49(43,44)46-32-35(40)31-39)48-38(42)30-28-26-24-22-20-18-16-14-12-10-8-6-4-2/h35-36,40H,3-34,39H2,1-2H3,(H,43,44)/t35?,36-/m1/s1. The van der Waals surface area contributed by atoms with Gasteiger partial charge in [0, 0.05) is 19.4 Å². The molecule has 0 aromatic rings. The number of carbonyl (C=O) groups excluding carboxylic acids is 2. The summed E-state index contributed by atoms with van der Waals surface area (Å²) in [6.07, 6.45) is 29.6. The highest BCUT2D eigenvalue weighted by Crippen LogP contribution is 2.43. The van der Waals surface area contributed by atoms with Crippen molar-refractivity contribution >= 4 is 19.8 Å². The van der Waals surface area contributed by atoms with Crippen molar-refractivity contribution in [3.8, 4) is 0 Å². The summed E-state index contributed by atoms with van der Waals surface area (Å²) in [5.41, 5.74) is 5.30. The molecule has 0 fully saturated rings. The fraction of sp³-hybridized carbons (Fsp3) is 0.947. The maximum absolute atomic E-state index is 12.6. The molecule has 4 N–H and O–H groups in total. The second-order valence-electron chi connectivity index (χ2n) is 13.7. The molecular weight excluding hydrogens is 645 g/mol. The number of ether oxygens (including phenoxy) is 2. The minimum Gasteiger partial charge on any atom is -0.462 e. The van der Waals surface area contributed by atoms with Gasteiger partial charge in [0.1, 0.15) is 6.61 Å². The average molecular weight is 722 g/mol. The van der Waals surface area contributed by atoms with Crippen molar-refractivity contribution in [2.75, 3.05) is 26.4 Å². The summed E-state index contributed by atoms with van der Waals surface area (Å²) in [6, 6.07) is 0. The van der Waals surface area contributed by atoms with Gasteiger partial charge < -0.3 is 25.2 Å². The van der Waals surface area contributed by atoms with Crippen LogP contribution in [0.4, 0.5) is 0 Å². The number of aliphatic hydroxyl groups is 1. The van der Waals surface area contributed by atoms with Crippen molar-refractivity contribution in [2.45, 2.75) is 206 Å². The third-order valence-corrected chi connectivity index (χ3v) is 9.77. The number of hydrogen-bond acceptors (Lipinski definition) is 9. The summed E-state index contributed by atoms with van der Waals surface area (Å²) < 4.78 is 32.8. The summed E-state index contributed by atoms with van der Waals surface area (Å²) in [6.45, 7) is 3.07. The van der Waals surface area contributed by atoms with Crippen LogP contribution in [-0.2, 0) is 32.7 Å². The van der Waals surface area contributed by atoms with Crippen LogP contribution < -0.4 is 5.73 Å². The smallest absolute Gasteiger partial charge is 0.462 e. The fourth-order valence-electron chi connectivity index (χ4n) is 5.66. The highest BCUT2D eigenvalue weighted by molar-refractivity contribution is 7.47. The van der Waals surface area contributed by atoms with E-state index in [4.69, 9.17) is 24.3 Å². The molecule has 0 bridgehead atoms. The van der Waals surface area contributed by atoms with Crippen LogP contribution in [0.15, 0.2) is 0 Å². The Balaban J connectivity index is 4.31. The maximum atomic E-state index is 12.6. The van der Waals surface area contributed by atoms with Crippen molar-refractivity contribution in [2.24, 2.45) is 5.73 Å². The number of hydrogen-bond donors (Lipinski definition) is 3. The lowest BCUT2D eigenvalue weighted by Crippen LogP contribution is -2.30. The minimum atomic E-state index is -4.55. The van der Waals surface area contributed by atoms with Crippen LogP contribution in [0.25, 0.3) is 0 Å². The van der Waals surface area contributed by atoms with Gasteiger partial charge in [0.25, 0.3) is 0 Å². The van der Waals surface area contributed by atoms with E-state index in [2.05, 4.69) is 13.8 Å². The zero-order chi connectivity index (χ0) is 36.3. The van der Waals surface area contributed by atoms with E-state index in [1.807, 2.05) is 0 Å². The molecule has 292 valence electrons. The largest absolute Gasteiger partial charge is 0.472 e. The van der Waals surface area contributed by atoms with Gasteiger partial charge in [0.15, 0.2) is 6.10 Å². The van der Waals surface area contributed by atoms with Crippen molar-refractivity contribution in [3.63, 3.8) is 0 Å². The molecule has 0 heterocycles. The Kier molecular flexibility index (Phi) is 34.6. The summed E-state index contributed by atoms with van der Waals surface area (Å²) >= 11 is 0. The lowest BCUT2D eigenvalue weighted by Gasteiger charge is -2.20. The summed E-state index contributed by atoms with van der Waals surface area (Å²) in [7, 11) is -4.55. The SMILES string of the molecule is CCCCCCCCCCCCCCCC(=O)OC[C@H](COP(=O)(O)OCC(O)CN)OC(=O)CCCCCCCCCCCCCCC. The molecule has 10 nitrogen and oxygen atoms in total. The van der Waals surface area contributed by atoms with E-state index in [0.29, 0.717) is 6.42 Å². The molecule has 0 spiro atoms. The van der Waals surface area contributed by atoms with Gasteiger partial charge in [-0.1, -0.05) is 168 Å². The first-order valence-corrected chi connectivity index (χ1v) is 21.6. The number of rotatable bonds is 38. The lowest BCUT2D eigenvalue weighted by atomic mass is 10.0. The quantitative estimate of drug-likeness (QED) is 0.0319. The van der Waals surface area contributed by atoms with E-state index in [1.165, 1.54) is 122 Å². The third-order valence-electron chi connectivity index (χ3n) is 8.82. The highest BCUT2D eigenvalue weighted by atomic mass is 31.2. The fourth-order valence-corrected chi connectivity index (χ4v) is 6.45. The Morgan fingerprint density at radius 3 is 1.29 bits per heavy atom. The first-order chi connectivity index (χ1) is 23.7. The van der Waals surface area contributed by atoms with Crippen molar-refractivity contribution in [1.29, 1.82) is 0 Å². The van der Waals surface area contributed by atoms with Crippen LogP contribution in [0.2, 0.25) is 0 Å². The van der Waals surface area contributed by atoms with Crippen molar-refractivity contribution in [1.82, 2.24) is 0 Å². The average Bonchev–Trinajstić information content (AvgIpc) is 3.09. The summed E-state index contributed by atoms with van der Waals surface area (Å²) in [5.74, 6) is -0.883. The summed E-state index contributed by atoms with van der Waals surface area (Å²) in [5, 5.41) is 9.51. The molecule has 0 aliphatic heterocycles. The molecule has 0 aromatic heterocycles. The van der Waals surface area contributed by atoms with Crippen LogP contribution in [0.5, 0.6) is 0 Å². The molecule has 2 unspecified atom stereocenters. The van der Waals surface area contributed by atoms with Gasteiger partial charge in [-0.2, -0.15) is 0 Å². The van der Waals surface area contributed by atoms with Crippen LogP contribution in [0.1, 0.15) is 194 Å². The van der Waals surface area contributed by atoms with Gasteiger partial charge >= 0.3 is 19.8 Å². The Labute approximate surface area is 299 Å². The van der Waals surface area contributed by atoms with Gasteiger partial charge in [-0.05, 0) is 12.8 Å². The van der Waals surface area contributed by atoms with E-state index in [9.17, 15) is 24.2 Å². The maximum Gasteiger partial charge on any atom is 0.472 e. The number of phosphoric acid groups is 1. The number of aliphatic hydroxyl groups excluding tert-OH is 1. The molecule has 0 radical (unpaired) electrons. The number of esters is 2. The first kappa shape index (κ1) is 48.0. The molecule has 0 aliphatic carbocycles. The molecular formula is C38H76NO9P. The topological polar surface area (TPSA) is 155 Å². The molecule has 0 saturated carbocycles. The van der Waals surface area contributed by atoms with Gasteiger partial charge in [0.2, 0.25) is 0 Å². The van der Waals surface area contributed by atoms with Gasteiger partial charge in [-0.25, -0.2) is 4.57 Å². The molecule has 0 aromatic carbocycles. The van der Waals surface area contributed by atoms with Gasteiger partial charge in [-0.3, -0.25) is 18.6 Å². The number of carbonyl (C=O) groups is 2. The number of nitrogens with two attached hydrogens (primary N) is 1. The van der Waals surface area contributed by atoms with Crippen LogP contribution in [0.3, 0.4) is 0 Å². The molecule has 0 amide bonds. The Bertz CT molecular complexity index is 801. The van der Waals surface area contributed by atoms with E-state index < -0.39 is 45.2 Å². The Hall–Kier alpha value is -1.03. The van der Waals surface area contributed by atoms with E-state index in [1.54, 1.807) is 0 Å². The van der Waals surface area contributed by atoms with E-state index >= 15 is 0 Å². The molecule has 11 heteroatoms. The number of unbranched alkanes of at least 4 members (excludes halogenated alkanes) is 24. The molecule has 0 saturated heterocycles. The molecule has 49 heavy (non-hydrogen) atoms. The van der Waals surface area contributed by atoms with Crippen molar-refractivity contribution in [3.05, 3.63) is 0 Å². The predicted octanol–water partition coefficient (Wildman–Crippen LogP) is 9.86. The molecule has 3 atom stereocenters. The third kappa shape index (κ3) is 35.2. The van der Waals surface area contributed by atoms with Crippen LogP contribution >= 0.6 is 7.82 Å². The normalized spacial score (nSPS) is 14.0. The molecule has 0 aliphatic rings. The highest BCUT2D eigenvalue weighted by Gasteiger charge is 2.27. The zero-order valence-corrected chi connectivity index (χ0v) is 32.5. The van der Waals surface area contributed by atoms with Gasteiger partial charge in [-0.15, -0.1) is 0 Å². The second-order valence-corrected chi connectivity index (χ2v) is 15.2. The predicted molar refractivity (Wildman–Crippen MR) is 198 cm³/mol. The second kappa shape index (κ2) is 35.4. The minimum absolute atomic E-state index is 0.144. The van der Waals surface area contributed by atoms with Crippen molar-refractivity contribution < 1.29 is 42.7 Å². The zero-order valence-electron chi connectivity index (χ0n) is 31.6. The number of phosphoric ester groups is 1. The Morgan fingerprint density at radius 1 is 0.551 bits per heavy atom.